The zero-order valence-electron chi connectivity index (χ0n) is 23.8. The van der Waals surface area contributed by atoms with Gasteiger partial charge in [-0.25, -0.2) is 22.5 Å². The molecule has 1 aromatic carbocycles. The first-order valence-corrected chi connectivity index (χ1v) is 16.1. The molecule has 0 unspecified atom stereocenters. The predicted octanol–water partition coefficient (Wildman–Crippen LogP) is 4.55. The number of ether oxygens (including phenoxy) is 1. The van der Waals surface area contributed by atoms with Gasteiger partial charge in [0.25, 0.3) is 0 Å². The Morgan fingerprint density at radius 3 is 2.59 bits per heavy atom. The Morgan fingerprint density at radius 1 is 0.932 bits per heavy atom. The second-order valence-corrected chi connectivity index (χ2v) is 12.8. The molecule has 0 saturated carbocycles. The van der Waals surface area contributed by atoms with Crippen molar-refractivity contribution < 1.29 is 17.5 Å². The number of aromatic nitrogens is 6. The number of aromatic amines is 2. The molecule has 1 saturated heterocycles. The molecule has 1 aliphatic rings. The SMILES string of the molecule is CS(=O)(=O)NCc1cc(F)cc(-c2cncc3[nH]c(-c4[nH]nc5ncc(-c6cncc(OC7CCNCC7)c6)cc45)cc23)c1. The van der Waals surface area contributed by atoms with E-state index in [1.165, 1.54) is 12.1 Å². The van der Waals surface area contributed by atoms with Gasteiger partial charge >= 0.3 is 0 Å². The zero-order chi connectivity index (χ0) is 30.3. The van der Waals surface area contributed by atoms with Crippen molar-refractivity contribution in [2.45, 2.75) is 25.5 Å². The molecule has 13 heteroatoms. The van der Waals surface area contributed by atoms with Gasteiger partial charge in [0.2, 0.25) is 10.0 Å². The average molecular weight is 613 g/mol. The van der Waals surface area contributed by atoms with Crippen LogP contribution >= 0.6 is 0 Å². The third kappa shape index (κ3) is 5.89. The maximum Gasteiger partial charge on any atom is 0.209 e. The smallest absolute Gasteiger partial charge is 0.209 e. The van der Waals surface area contributed by atoms with Crippen LogP contribution in [-0.2, 0) is 16.6 Å². The first kappa shape index (κ1) is 28.1. The fraction of sp³-hybridized carbons (Fsp3) is 0.226. The molecule has 1 fully saturated rings. The molecule has 0 spiro atoms. The summed E-state index contributed by atoms with van der Waals surface area (Å²) in [5, 5.41) is 12.5. The highest BCUT2D eigenvalue weighted by atomic mass is 32.2. The summed E-state index contributed by atoms with van der Waals surface area (Å²) in [5.41, 5.74) is 6.33. The highest BCUT2D eigenvalue weighted by molar-refractivity contribution is 7.88. The lowest BCUT2D eigenvalue weighted by atomic mass is 10.0. The van der Waals surface area contributed by atoms with Crippen LogP contribution < -0.4 is 14.8 Å². The monoisotopic (exact) mass is 612 g/mol. The van der Waals surface area contributed by atoms with E-state index >= 15 is 0 Å². The Morgan fingerprint density at radius 2 is 1.75 bits per heavy atom. The minimum atomic E-state index is -3.43. The van der Waals surface area contributed by atoms with Crippen LogP contribution in [0.3, 0.4) is 0 Å². The minimum Gasteiger partial charge on any atom is -0.489 e. The molecule has 44 heavy (non-hydrogen) atoms. The number of rotatable bonds is 8. The molecular formula is C31H29FN8O3S. The number of fused-ring (bicyclic) bond motifs is 2. The van der Waals surface area contributed by atoms with Crippen LogP contribution in [0.2, 0.25) is 0 Å². The molecule has 0 radical (unpaired) electrons. The van der Waals surface area contributed by atoms with Crippen LogP contribution in [-0.4, -0.2) is 64.0 Å². The van der Waals surface area contributed by atoms with Gasteiger partial charge in [-0.05, 0) is 73.5 Å². The Kier molecular flexibility index (Phi) is 7.28. The molecule has 0 amide bonds. The van der Waals surface area contributed by atoms with Crippen LogP contribution in [0, 0.1) is 5.82 Å². The van der Waals surface area contributed by atoms with E-state index in [2.05, 4.69) is 40.2 Å². The van der Waals surface area contributed by atoms with Gasteiger partial charge in [-0.15, -0.1) is 0 Å². The van der Waals surface area contributed by atoms with E-state index in [-0.39, 0.29) is 12.6 Å². The molecule has 6 heterocycles. The summed E-state index contributed by atoms with van der Waals surface area (Å²) < 4.78 is 46.4. The number of hydrogen-bond donors (Lipinski definition) is 4. The van der Waals surface area contributed by atoms with Crippen molar-refractivity contribution in [2.75, 3.05) is 19.3 Å². The summed E-state index contributed by atoms with van der Waals surface area (Å²) in [6.45, 7) is 1.86. The molecule has 0 atom stereocenters. The van der Waals surface area contributed by atoms with Crippen molar-refractivity contribution in [2.24, 2.45) is 0 Å². The topological polar surface area (TPSA) is 151 Å². The van der Waals surface area contributed by atoms with Gasteiger partial charge < -0.3 is 15.0 Å². The van der Waals surface area contributed by atoms with E-state index in [1.807, 2.05) is 18.2 Å². The number of pyridine rings is 3. The van der Waals surface area contributed by atoms with Crippen LogP contribution in [0.15, 0.2) is 67.4 Å². The number of halogens is 1. The van der Waals surface area contributed by atoms with E-state index < -0.39 is 15.8 Å². The average Bonchev–Trinajstić information content (AvgIpc) is 3.64. The summed E-state index contributed by atoms with van der Waals surface area (Å²) >= 11 is 0. The lowest BCUT2D eigenvalue weighted by molar-refractivity contribution is 0.162. The maximum atomic E-state index is 14.6. The minimum absolute atomic E-state index is 0.0243. The fourth-order valence-corrected chi connectivity index (χ4v) is 5.98. The lowest BCUT2D eigenvalue weighted by Gasteiger charge is -2.23. The highest BCUT2D eigenvalue weighted by Gasteiger charge is 2.18. The first-order valence-electron chi connectivity index (χ1n) is 14.2. The van der Waals surface area contributed by atoms with Gasteiger partial charge in [0, 0.05) is 52.6 Å². The van der Waals surface area contributed by atoms with E-state index in [0.717, 1.165) is 76.7 Å². The molecule has 0 bridgehead atoms. The Balaban J connectivity index is 1.23. The number of sulfonamides is 1. The molecule has 1 aliphatic heterocycles. The number of nitrogens with zero attached hydrogens (tertiary/aromatic N) is 4. The van der Waals surface area contributed by atoms with Gasteiger partial charge in [-0.1, -0.05) is 0 Å². The lowest BCUT2D eigenvalue weighted by Crippen LogP contribution is -2.34. The summed E-state index contributed by atoms with van der Waals surface area (Å²) in [4.78, 5) is 16.8. The molecule has 6 aromatic rings. The van der Waals surface area contributed by atoms with E-state index in [9.17, 15) is 12.8 Å². The van der Waals surface area contributed by atoms with Gasteiger partial charge in [0.15, 0.2) is 5.65 Å². The summed E-state index contributed by atoms with van der Waals surface area (Å²) in [6.07, 6.45) is 11.8. The maximum absolute atomic E-state index is 14.6. The van der Waals surface area contributed by atoms with Crippen LogP contribution in [0.25, 0.3) is 55.6 Å². The van der Waals surface area contributed by atoms with Gasteiger partial charge in [-0.2, -0.15) is 5.10 Å². The van der Waals surface area contributed by atoms with Crippen LogP contribution in [0.1, 0.15) is 18.4 Å². The molecule has 4 N–H and O–H groups in total. The molecule has 0 aliphatic carbocycles. The van der Waals surface area contributed by atoms with Crippen molar-refractivity contribution in [1.82, 2.24) is 40.2 Å². The highest BCUT2D eigenvalue weighted by Crippen LogP contribution is 2.35. The second-order valence-electron chi connectivity index (χ2n) is 10.9. The van der Waals surface area contributed by atoms with E-state index in [0.29, 0.717) is 22.3 Å². The van der Waals surface area contributed by atoms with Crippen molar-refractivity contribution in [1.29, 1.82) is 0 Å². The fourth-order valence-electron chi connectivity index (χ4n) is 5.55. The molecule has 7 rings (SSSR count). The summed E-state index contributed by atoms with van der Waals surface area (Å²) in [7, 11) is -3.43. The second kappa shape index (κ2) is 11.4. The van der Waals surface area contributed by atoms with Crippen LogP contribution in [0.5, 0.6) is 5.75 Å². The zero-order valence-corrected chi connectivity index (χ0v) is 24.6. The summed E-state index contributed by atoms with van der Waals surface area (Å²) in [6, 6.07) is 10.4. The number of hydrogen-bond acceptors (Lipinski definition) is 8. The number of H-pyrrole nitrogens is 2. The normalized spacial score (nSPS) is 14.4. The van der Waals surface area contributed by atoms with Gasteiger partial charge in [0.05, 0.1) is 35.6 Å². The summed E-state index contributed by atoms with van der Waals surface area (Å²) in [5.74, 6) is 0.253. The van der Waals surface area contributed by atoms with E-state index in [4.69, 9.17) is 4.74 Å². The van der Waals surface area contributed by atoms with Crippen molar-refractivity contribution in [3.63, 3.8) is 0 Å². The third-order valence-electron chi connectivity index (χ3n) is 7.67. The Labute approximate surface area is 252 Å². The molecular weight excluding hydrogens is 583 g/mol. The van der Waals surface area contributed by atoms with Gasteiger partial charge in [-0.3, -0.25) is 15.1 Å². The largest absolute Gasteiger partial charge is 0.489 e. The Hall–Kier alpha value is -4.72. The number of piperidine rings is 1. The first-order chi connectivity index (χ1) is 21.3. The standard InChI is InChI=1S/C31H29FN8O3S/c1-44(41,42)37-12-18-6-19(8-22(32)7-18)27-16-35-17-29-25(27)11-28(38-29)30-26-10-21(14-36-31(26)40-39-30)20-9-24(15-34-13-20)43-23-2-4-33-5-3-23/h6-11,13-17,23,33,37-38H,2-5,12H2,1H3,(H,36,39,40). The van der Waals surface area contributed by atoms with E-state index in [1.54, 1.807) is 37.1 Å². The third-order valence-corrected chi connectivity index (χ3v) is 8.34. The van der Waals surface area contributed by atoms with Crippen LogP contribution in [0.4, 0.5) is 4.39 Å². The predicted molar refractivity (Wildman–Crippen MR) is 166 cm³/mol. The van der Waals surface area contributed by atoms with Crippen molar-refractivity contribution in [3.05, 3.63) is 78.8 Å². The molecule has 11 nitrogen and oxygen atoms in total. The number of benzene rings is 1. The quantitative estimate of drug-likeness (QED) is 0.196. The van der Waals surface area contributed by atoms with Crippen molar-refractivity contribution >= 4 is 32.0 Å². The molecule has 5 aromatic heterocycles. The van der Waals surface area contributed by atoms with Gasteiger partial charge in [0.1, 0.15) is 17.7 Å². The Bertz CT molecular complexity index is 2100. The van der Waals surface area contributed by atoms with Crippen molar-refractivity contribution in [3.8, 4) is 39.4 Å². The number of nitrogens with one attached hydrogen (secondary N) is 4. The molecule has 224 valence electrons.